The molecule has 2 aromatic rings. The Hall–Kier alpha value is -2.34. The van der Waals surface area contributed by atoms with Crippen LogP contribution in [0.4, 0.5) is 0 Å². The van der Waals surface area contributed by atoms with Crippen molar-refractivity contribution in [3.63, 3.8) is 0 Å². The van der Waals surface area contributed by atoms with Gasteiger partial charge in [0.15, 0.2) is 0 Å². The quantitative estimate of drug-likeness (QED) is 0.684. The largest absolute Gasteiger partial charge is 0.342 e. The molecule has 0 saturated carbocycles. The number of nitrogens with zero attached hydrogens (tertiary/aromatic N) is 4. The highest BCUT2D eigenvalue weighted by Gasteiger charge is 2.30. The van der Waals surface area contributed by atoms with Gasteiger partial charge in [-0.3, -0.25) is 9.59 Å². The summed E-state index contributed by atoms with van der Waals surface area (Å²) in [6.45, 7) is 7.34. The van der Waals surface area contributed by atoms with Crippen LogP contribution in [-0.4, -0.2) is 57.6 Å². The average Bonchev–Trinajstić information content (AvgIpc) is 3.21. The van der Waals surface area contributed by atoms with Crippen LogP contribution in [0.1, 0.15) is 67.9 Å². The van der Waals surface area contributed by atoms with Gasteiger partial charge in [-0.2, -0.15) is 5.10 Å². The molecule has 1 aromatic carbocycles. The van der Waals surface area contributed by atoms with Gasteiger partial charge in [0.2, 0.25) is 5.91 Å². The number of piperidine rings is 2. The third-order valence-corrected chi connectivity index (χ3v) is 6.67. The smallest absolute Gasteiger partial charge is 0.257 e. The fourth-order valence-electron chi connectivity index (χ4n) is 4.75. The Balaban J connectivity index is 1.45. The molecular weight excluding hydrogens is 412 g/mol. The SMILES string of the molecule is CC(C)c1c(C(=O)N2CCC(CN3CCCCC3=O)CC2)cnn1-c1cccc(Cl)c1. The van der Waals surface area contributed by atoms with Gasteiger partial charge in [-0.1, -0.05) is 31.5 Å². The van der Waals surface area contributed by atoms with E-state index in [2.05, 4.69) is 18.9 Å². The highest BCUT2D eigenvalue weighted by Crippen LogP contribution is 2.27. The standard InChI is InChI=1S/C24H31ClN4O2/c1-17(2)23-21(15-26-29(23)20-7-5-6-19(25)14-20)24(31)27-12-9-18(10-13-27)16-28-11-4-3-8-22(28)30/h5-7,14-15,17-18H,3-4,8-13,16H2,1-2H3. The molecule has 1 aromatic heterocycles. The predicted octanol–water partition coefficient (Wildman–Crippen LogP) is 4.51. The lowest BCUT2D eigenvalue weighted by molar-refractivity contribution is -0.134. The Bertz CT molecular complexity index is 947. The molecule has 0 atom stereocenters. The van der Waals surface area contributed by atoms with Crippen LogP contribution in [0, 0.1) is 5.92 Å². The molecular formula is C24H31ClN4O2. The third kappa shape index (κ3) is 4.79. The Morgan fingerprint density at radius 2 is 1.97 bits per heavy atom. The number of benzene rings is 1. The zero-order valence-electron chi connectivity index (χ0n) is 18.4. The van der Waals surface area contributed by atoms with E-state index in [1.165, 1.54) is 0 Å². The van der Waals surface area contributed by atoms with Crippen molar-refractivity contribution in [1.82, 2.24) is 19.6 Å². The van der Waals surface area contributed by atoms with E-state index in [4.69, 9.17) is 11.6 Å². The Labute approximate surface area is 189 Å². The van der Waals surface area contributed by atoms with Crippen molar-refractivity contribution < 1.29 is 9.59 Å². The maximum absolute atomic E-state index is 13.4. The number of hydrogen-bond acceptors (Lipinski definition) is 3. The highest BCUT2D eigenvalue weighted by atomic mass is 35.5. The molecule has 2 aliphatic heterocycles. The van der Waals surface area contributed by atoms with Gasteiger partial charge in [0.25, 0.3) is 5.91 Å². The molecule has 0 N–H and O–H groups in total. The molecule has 6 nitrogen and oxygen atoms in total. The lowest BCUT2D eigenvalue weighted by atomic mass is 9.94. The minimum absolute atomic E-state index is 0.0458. The summed E-state index contributed by atoms with van der Waals surface area (Å²) in [7, 11) is 0. The molecule has 2 saturated heterocycles. The molecule has 0 aliphatic carbocycles. The summed E-state index contributed by atoms with van der Waals surface area (Å²) in [5, 5.41) is 5.18. The van der Waals surface area contributed by atoms with E-state index in [1.54, 1.807) is 6.20 Å². The zero-order valence-corrected chi connectivity index (χ0v) is 19.1. The van der Waals surface area contributed by atoms with Gasteiger partial charge >= 0.3 is 0 Å². The van der Waals surface area contributed by atoms with Crippen LogP contribution in [0.2, 0.25) is 5.02 Å². The average molecular weight is 443 g/mol. The number of carbonyl (C=O) groups excluding carboxylic acids is 2. The second kappa shape index (κ2) is 9.43. The third-order valence-electron chi connectivity index (χ3n) is 6.44. The Morgan fingerprint density at radius 3 is 2.65 bits per heavy atom. The summed E-state index contributed by atoms with van der Waals surface area (Å²) in [6.07, 6.45) is 6.38. The normalized spacial score (nSPS) is 18.1. The summed E-state index contributed by atoms with van der Waals surface area (Å²) < 4.78 is 1.83. The van der Waals surface area contributed by atoms with Gasteiger partial charge in [-0.05, 0) is 55.7 Å². The summed E-state index contributed by atoms with van der Waals surface area (Å²) in [5.41, 5.74) is 2.44. The predicted molar refractivity (Wildman–Crippen MR) is 122 cm³/mol. The zero-order chi connectivity index (χ0) is 22.0. The number of hydrogen-bond donors (Lipinski definition) is 0. The van der Waals surface area contributed by atoms with Gasteiger partial charge in [0, 0.05) is 37.6 Å². The lowest BCUT2D eigenvalue weighted by Crippen LogP contribution is -2.44. The highest BCUT2D eigenvalue weighted by molar-refractivity contribution is 6.30. The summed E-state index contributed by atoms with van der Waals surface area (Å²) >= 11 is 6.17. The number of amides is 2. The fraction of sp³-hybridized carbons (Fsp3) is 0.542. The molecule has 3 heterocycles. The van der Waals surface area contributed by atoms with Crippen molar-refractivity contribution in [1.29, 1.82) is 0 Å². The van der Waals surface area contributed by atoms with Crippen molar-refractivity contribution in [2.24, 2.45) is 5.92 Å². The molecule has 31 heavy (non-hydrogen) atoms. The number of halogens is 1. The van der Waals surface area contributed by atoms with Crippen molar-refractivity contribution in [3.8, 4) is 5.69 Å². The first-order valence-electron chi connectivity index (χ1n) is 11.3. The lowest BCUT2D eigenvalue weighted by Gasteiger charge is -2.36. The van der Waals surface area contributed by atoms with E-state index in [1.807, 2.05) is 38.7 Å². The number of aromatic nitrogens is 2. The molecule has 7 heteroatoms. The van der Waals surface area contributed by atoms with Crippen molar-refractivity contribution >= 4 is 23.4 Å². The van der Waals surface area contributed by atoms with E-state index < -0.39 is 0 Å². The van der Waals surface area contributed by atoms with E-state index in [-0.39, 0.29) is 11.8 Å². The second-order valence-corrected chi connectivity index (χ2v) is 9.46. The fourth-order valence-corrected chi connectivity index (χ4v) is 4.93. The molecule has 2 aliphatic rings. The maximum atomic E-state index is 13.4. The van der Waals surface area contributed by atoms with Crippen molar-refractivity contribution in [2.75, 3.05) is 26.2 Å². The van der Waals surface area contributed by atoms with E-state index in [0.717, 1.165) is 63.2 Å². The van der Waals surface area contributed by atoms with Crippen LogP contribution in [0.3, 0.4) is 0 Å². The van der Waals surface area contributed by atoms with Gasteiger partial charge < -0.3 is 9.80 Å². The summed E-state index contributed by atoms with van der Waals surface area (Å²) in [5.74, 6) is 0.956. The number of carbonyl (C=O) groups is 2. The minimum atomic E-state index is 0.0458. The number of likely N-dealkylation sites (tertiary alicyclic amines) is 2. The number of rotatable bonds is 5. The van der Waals surface area contributed by atoms with Gasteiger partial charge in [-0.15, -0.1) is 0 Å². The van der Waals surface area contributed by atoms with Crippen LogP contribution < -0.4 is 0 Å². The second-order valence-electron chi connectivity index (χ2n) is 9.02. The van der Waals surface area contributed by atoms with Gasteiger partial charge in [-0.25, -0.2) is 4.68 Å². The maximum Gasteiger partial charge on any atom is 0.257 e. The molecule has 0 unspecified atom stereocenters. The van der Waals surface area contributed by atoms with E-state index in [9.17, 15) is 9.59 Å². The summed E-state index contributed by atoms with van der Waals surface area (Å²) in [4.78, 5) is 29.4. The molecule has 0 radical (unpaired) electrons. The topological polar surface area (TPSA) is 58.4 Å². The first-order chi connectivity index (χ1) is 14.9. The van der Waals surface area contributed by atoms with Gasteiger partial charge in [0.1, 0.15) is 0 Å². The summed E-state index contributed by atoms with van der Waals surface area (Å²) in [6, 6.07) is 7.54. The molecule has 166 valence electrons. The molecule has 0 spiro atoms. The molecule has 2 amide bonds. The van der Waals surface area contributed by atoms with Crippen LogP contribution in [0.5, 0.6) is 0 Å². The van der Waals surface area contributed by atoms with Crippen LogP contribution in [-0.2, 0) is 4.79 Å². The molecule has 2 fully saturated rings. The van der Waals surface area contributed by atoms with Crippen LogP contribution >= 0.6 is 11.6 Å². The minimum Gasteiger partial charge on any atom is -0.342 e. The first-order valence-corrected chi connectivity index (χ1v) is 11.7. The monoisotopic (exact) mass is 442 g/mol. The van der Waals surface area contributed by atoms with E-state index >= 15 is 0 Å². The molecule has 0 bridgehead atoms. The Kier molecular flexibility index (Phi) is 6.65. The Morgan fingerprint density at radius 1 is 1.19 bits per heavy atom. The van der Waals surface area contributed by atoms with E-state index in [0.29, 0.717) is 28.8 Å². The van der Waals surface area contributed by atoms with Crippen LogP contribution in [0.25, 0.3) is 5.69 Å². The van der Waals surface area contributed by atoms with Gasteiger partial charge in [0.05, 0.1) is 23.1 Å². The first kappa shape index (κ1) is 21.9. The van der Waals surface area contributed by atoms with Crippen LogP contribution in [0.15, 0.2) is 30.5 Å². The molecule has 4 rings (SSSR count). The van der Waals surface area contributed by atoms with Crippen molar-refractivity contribution in [2.45, 2.75) is 51.9 Å². The van der Waals surface area contributed by atoms with Crippen molar-refractivity contribution in [3.05, 3.63) is 46.7 Å².